The zero-order chi connectivity index (χ0) is 13.5. The van der Waals surface area contributed by atoms with Gasteiger partial charge in [-0.25, -0.2) is 0 Å². The topological polar surface area (TPSA) is 37.4 Å². The van der Waals surface area contributed by atoms with E-state index in [4.69, 9.17) is 4.74 Å². The summed E-state index contributed by atoms with van der Waals surface area (Å²) in [5, 5.41) is 3.41. The molecule has 102 valence electrons. The van der Waals surface area contributed by atoms with Crippen LogP contribution in [0.5, 0.6) is 5.75 Å². The van der Waals surface area contributed by atoms with Crippen molar-refractivity contribution >= 4 is 5.69 Å². The molecule has 0 radical (unpaired) electrons. The predicted molar refractivity (Wildman–Crippen MR) is 76.4 cm³/mol. The van der Waals surface area contributed by atoms with E-state index in [2.05, 4.69) is 36.1 Å². The molecule has 1 heterocycles. The summed E-state index contributed by atoms with van der Waals surface area (Å²) in [6.07, 6.45) is 2.87. The van der Waals surface area contributed by atoms with Crippen LogP contribution >= 0.6 is 0 Å². The standard InChI is InChI=1S/C14H25N3O/c1-11(2)17(4)8-6-7-15-13-9-12(3)16-10-14(13)18-5/h9-11H,6-8H2,1-5H3,(H,15,16). The average Bonchev–Trinajstić information content (AvgIpc) is 2.34. The first-order valence-corrected chi connectivity index (χ1v) is 6.49. The second kappa shape index (κ2) is 7.21. The summed E-state index contributed by atoms with van der Waals surface area (Å²) in [7, 11) is 3.83. The average molecular weight is 251 g/mol. The fourth-order valence-electron chi connectivity index (χ4n) is 1.66. The van der Waals surface area contributed by atoms with Crippen molar-refractivity contribution < 1.29 is 4.74 Å². The van der Waals surface area contributed by atoms with Gasteiger partial charge in [-0.1, -0.05) is 0 Å². The zero-order valence-corrected chi connectivity index (χ0v) is 12.2. The van der Waals surface area contributed by atoms with E-state index >= 15 is 0 Å². The van der Waals surface area contributed by atoms with Crippen LogP contribution < -0.4 is 10.1 Å². The molecule has 0 aliphatic carbocycles. The highest BCUT2D eigenvalue weighted by atomic mass is 16.5. The van der Waals surface area contributed by atoms with Gasteiger partial charge >= 0.3 is 0 Å². The van der Waals surface area contributed by atoms with Crippen molar-refractivity contribution in [2.45, 2.75) is 33.2 Å². The number of aryl methyl sites for hydroxylation is 1. The Balaban J connectivity index is 2.41. The molecule has 1 N–H and O–H groups in total. The molecule has 4 nitrogen and oxygen atoms in total. The van der Waals surface area contributed by atoms with Crippen LogP contribution in [0.25, 0.3) is 0 Å². The van der Waals surface area contributed by atoms with Crippen molar-refractivity contribution in [3.8, 4) is 5.75 Å². The number of pyridine rings is 1. The van der Waals surface area contributed by atoms with Gasteiger partial charge in [-0.3, -0.25) is 4.98 Å². The molecule has 0 spiro atoms. The molecule has 0 saturated heterocycles. The van der Waals surface area contributed by atoms with E-state index in [1.807, 2.05) is 13.0 Å². The highest BCUT2D eigenvalue weighted by Crippen LogP contribution is 2.23. The smallest absolute Gasteiger partial charge is 0.160 e. The lowest BCUT2D eigenvalue weighted by molar-refractivity contribution is 0.273. The first-order valence-electron chi connectivity index (χ1n) is 6.49. The Morgan fingerprint density at radius 2 is 2.17 bits per heavy atom. The lowest BCUT2D eigenvalue weighted by Crippen LogP contribution is -2.28. The van der Waals surface area contributed by atoms with E-state index in [0.29, 0.717) is 6.04 Å². The van der Waals surface area contributed by atoms with Crippen molar-refractivity contribution in [2.24, 2.45) is 0 Å². The van der Waals surface area contributed by atoms with E-state index in [1.54, 1.807) is 13.3 Å². The van der Waals surface area contributed by atoms with E-state index in [1.165, 1.54) is 0 Å². The summed E-state index contributed by atoms with van der Waals surface area (Å²) >= 11 is 0. The molecule has 0 saturated carbocycles. The van der Waals surface area contributed by atoms with Crippen LogP contribution in [0.4, 0.5) is 5.69 Å². The second-order valence-corrected chi connectivity index (χ2v) is 4.88. The summed E-state index contributed by atoms with van der Waals surface area (Å²) in [5.74, 6) is 0.804. The summed E-state index contributed by atoms with van der Waals surface area (Å²) < 4.78 is 5.28. The van der Waals surface area contributed by atoms with Crippen molar-refractivity contribution in [1.29, 1.82) is 0 Å². The second-order valence-electron chi connectivity index (χ2n) is 4.88. The Labute approximate surface area is 110 Å². The highest BCUT2D eigenvalue weighted by molar-refractivity contribution is 5.55. The number of hydrogen-bond donors (Lipinski definition) is 1. The van der Waals surface area contributed by atoms with Gasteiger partial charge in [-0.05, 0) is 46.9 Å². The predicted octanol–water partition coefficient (Wildman–Crippen LogP) is 2.54. The van der Waals surface area contributed by atoms with Gasteiger partial charge in [0.15, 0.2) is 5.75 Å². The van der Waals surface area contributed by atoms with Crippen molar-refractivity contribution in [2.75, 3.05) is 32.6 Å². The van der Waals surface area contributed by atoms with Gasteiger partial charge in [-0.2, -0.15) is 0 Å². The molecule has 0 aromatic carbocycles. The van der Waals surface area contributed by atoms with Gasteiger partial charge < -0.3 is 15.0 Å². The van der Waals surface area contributed by atoms with E-state index < -0.39 is 0 Å². The summed E-state index contributed by atoms with van der Waals surface area (Å²) in [6, 6.07) is 2.62. The third-order valence-electron chi connectivity index (χ3n) is 3.11. The molecular weight excluding hydrogens is 226 g/mol. The molecule has 0 aliphatic rings. The van der Waals surface area contributed by atoms with E-state index in [-0.39, 0.29) is 0 Å². The van der Waals surface area contributed by atoms with Crippen molar-refractivity contribution in [1.82, 2.24) is 9.88 Å². The number of rotatable bonds is 7. The monoisotopic (exact) mass is 251 g/mol. The van der Waals surface area contributed by atoms with Crippen molar-refractivity contribution in [3.05, 3.63) is 18.0 Å². The van der Waals surface area contributed by atoms with Crippen LogP contribution in [-0.4, -0.2) is 43.2 Å². The Hall–Kier alpha value is -1.29. The fourth-order valence-corrected chi connectivity index (χ4v) is 1.66. The summed E-state index contributed by atoms with van der Waals surface area (Å²) in [4.78, 5) is 6.56. The van der Waals surface area contributed by atoms with Crippen LogP contribution in [0, 0.1) is 6.92 Å². The Morgan fingerprint density at radius 3 is 2.78 bits per heavy atom. The van der Waals surface area contributed by atoms with Crippen LogP contribution in [0.1, 0.15) is 26.0 Å². The number of nitrogens with one attached hydrogen (secondary N) is 1. The first kappa shape index (κ1) is 14.8. The highest BCUT2D eigenvalue weighted by Gasteiger charge is 2.05. The Kier molecular flexibility index (Phi) is 5.92. The number of ether oxygens (including phenoxy) is 1. The van der Waals surface area contributed by atoms with Gasteiger partial charge in [-0.15, -0.1) is 0 Å². The lowest BCUT2D eigenvalue weighted by Gasteiger charge is -2.21. The van der Waals surface area contributed by atoms with E-state index in [0.717, 1.165) is 36.6 Å². The molecule has 0 fully saturated rings. The first-order chi connectivity index (χ1) is 8.54. The fraction of sp³-hybridized carbons (Fsp3) is 0.643. The molecular formula is C14H25N3O. The molecule has 0 unspecified atom stereocenters. The third kappa shape index (κ3) is 4.53. The number of methoxy groups -OCH3 is 1. The quantitative estimate of drug-likeness (QED) is 0.756. The Morgan fingerprint density at radius 1 is 1.44 bits per heavy atom. The largest absolute Gasteiger partial charge is 0.493 e. The zero-order valence-electron chi connectivity index (χ0n) is 12.2. The minimum Gasteiger partial charge on any atom is -0.493 e. The third-order valence-corrected chi connectivity index (χ3v) is 3.11. The maximum absolute atomic E-state index is 5.28. The molecule has 1 rings (SSSR count). The number of hydrogen-bond acceptors (Lipinski definition) is 4. The molecule has 0 atom stereocenters. The SMILES string of the molecule is COc1cnc(C)cc1NCCCN(C)C(C)C. The number of anilines is 1. The maximum Gasteiger partial charge on any atom is 0.160 e. The normalized spacial score (nSPS) is 11.1. The molecule has 0 bridgehead atoms. The molecule has 1 aromatic heterocycles. The molecule has 4 heteroatoms. The van der Waals surface area contributed by atoms with Crippen LogP contribution in [0.3, 0.4) is 0 Å². The van der Waals surface area contributed by atoms with Gasteiger partial charge in [0.05, 0.1) is 19.0 Å². The van der Waals surface area contributed by atoms with Gasteiger partial charge in [0.1, 0.15) is 0 Å². The number of aromatic nitrogens is 1. The summed E-state index contributed by atoms with van der Waals surface area (Å²) in [6.45, 7) is 8.44. The van der Waals surface area contributed by atoms with Gasteiger partial charge in [0.2, 0.25) is 0 Å². The number of nitrogens with zero attached hydrogens (tertiary/aromatic N) is 2. The van der Waals surface area contributed by atoms with Crippen molar-refractivity contribution in [3.63, 3.8) is 0 Å². The van der Waals surface area contributed by atoms with E-state index in [9.17, 15) is 0 Å². The van der Waals surface area contributed by atoms with Crippen LogP contribution in [0.2, 0.25) is 0 Å². The minimum absolute atomic E-state index is 0.600. The molecule has 0 aliphatic heterocycles. The van der Waals surface area contributed by atoms with Crippen LogP contribution in [0.15, 0.2) is 12.3 Å². The minimum atomic E-state index is 0.600. The summed E-state index contributed by atoms with van der Waals surface area (Å²) in [5.41, 5.74) is 2.02. The van der Waals surface area contributed by atoms with Crippen LogP contribution in [-0.2, 0) is 0 Å². The Bertz CT molecular complexity index is 366. The van der Waals surface area contributed by atoms with Gasteiger partial charge in [0, 0.05) is 18.3 Å². The molecule has 18 heavy (non-hydrogen) atoms. The molecule has 0 amide bonds. The van der Waals surface area contributed by atoms with Gasteiger partial charge in [0.25, 0.3) is 0 Å². The maximum atomic E-state index is 5.28. The lowest BCUT2D eigenvalue weighted by atomic mass is 10.3. The molecule has 1 aromatic rings.